The Balaban J connectivity index is 2.81. The van der Waals surface area contributed by atoms with Gasteiger partial charge in [-0.15, -0.1) is 0 Å². The zero-order valence-electron chi connectivity index (χ0n) is 8.26. The van der Waals surface area contributed by atoms with E-state index in [1.807, 2.05) is 0 Å². The highest BCUT2D eigenvalue weighted by atomic mass is 35.5. The number of benzene rings is 1. The molecule has 0 bridgehead atoms. The van der Waals surface area contributed by atoms with Gasteiger partial charge in [-0.1, -0.05) is 23.2 Å². The van der Waals surface area contributed by atoms with Crippen LogP contribution in [0.3, 0.4) is 0 Å². The van der Waals surface area contributed by atoms with Crippen LogP contribution in [0.1, 0.15) is 17.3 Å². The van der Waals surface area contributed by atoms with Gasteiger partial charge in [0, 0.05) is 5.56 Å². The topological polar surface area (TPSA) is 46.2 Å². The molecule has 16 heavy (non-hydrogen) atoms. The molecule has 0 aromatic heterocycles. The molecule has 1 N–H and O–H groups in total. The highest BCUT2D eigenvalue weighted by Gasteiger charge is 2.15. The van der Waals surface area contributed by atoms with Gasteiger partial charge in [-0.05, 0) is 36.7 Å². The zero-order chi connectivity index (χ0) is 12.3. The van der Waals surface area contributed by atoms with Gasteiger partial charge in [-0.2, -0.15) is 0 Å². The highest BCUT2D eigenvalue weighted by Crippen LogP contribution is 2.22. The lowest BCUT2D eigenvalue weighted by Crippen LogP contribution is -2.36. The predicted molar refractivity (Wildman–Crippen MR) is 64.3 cm³/mol. The average Bonchev–Trinajstić information content (AvgIpc) is 2.21. The van der Waals surface area contributed by atoms with Crippen molar-refractivity contribution in [3.8, 4) is 0 Å². The molecule has 1 amide bonds. The van der Waals surface area contributed by atoms with Crippen molar-refractivity contribution in [1.29, 1.82) is 0 Å². The first-order valence-electron chi connectivity index (χ1n) is 4.37. The summed E-state index contributed by atoms with van der Waals surface area (Å²) in [5.74, 6) is -0.430. The van der Waals surface area contributed by atoms with Crippen molar-refractivity contribution in [3.63, 3.8) is 0 Å². The van der Waals surface area contributed by atoms with Crippen LogP contribution in [-0.2, 0) is 4.79 Å². The Kier molecular flexibility index (Phi) is 4.59. The Hall–Kier alpha value is -0.770. The van der Waals surface area contributed by atoms with Crippen molar-refractivity contribution in [1.82, 2.24) is 5.32 Å². The highest BCUT2D eigenvalue weighted by molar-refractivity contribution is 6.64. The van der Waals surface area contributed by atoms with Crippen LogP contribution in [0.15, 0.2) is 18.2 Å². The minimum absolute atomic E-state index is 0.277. The standard InChI is InChI=1S/C10H8Cl3NO2/c1-5(9(13)15)14-10(16)6-2-3-7(11)8(12)4-6/h2-5H,1H3,(H,14,16). The third-order valence-corrected chi connectivity index (χ3v) is 2.94. The molecule has 0 spiro atoms. The van der Waals surface area contributed by atoms with Crippen molar-refractivity contribution >= 4 is 46.0 Å². The van der Waals surface area contributed by atoms with Gasteiger partial charge in [0.05, 0.1) is 10.0 Å². The second kappa shape index (κ2) is 5.53. The van der Waals surface area contributed by atoms with E-state index in [1.54, 1.807) is 0 Å². The molecule has 1 aromatic rings. The number of carbonyl (C=O) groups is 2. The van der Waals surface area contributed by atoms with Gasteiger partial charge < -0.3 is 5.32 Å². The van der Waals surface area contributed by atoms with Crippen molar-refractivity contribution in [2.24, 2.45) is 0 Å². The molecule has 0 aliphatic heterocycles. The summed E-state index contributed by atoms with van der Waals surface area (Å²) in [7, 11) is 0. The molecule has 1 rings (SSSR count). The van der Waals surface area contributed by atoms with Crippen LogP contribution in [0.4, 0.5) is 0 Å². The fraction of sp³-hybridized carbons (Fsp3) is 0.200. The third-order valence-electron chi connectivity index (χ3n) is 1.87. The molecule has 0 fully saturated rings. The van der Waals surface area contributed by atoms with E-state index in [-0.39, 0.29) is 5.02 Å². The van der Waals surface area contributed by atoms with Crippen LogP contribution in [0.5, 0.6) is 0 Å². The fourth-order valence-corrected chi connectivity index (χ4v) is 1.33. The first-order chi connectivity index (χ1) is 7.41. The van der Waals surface area contributed by atoms with Gasteiger partial charge in [0.25, 0.3) is 5.91 Å². The van der Waals surface area contributed by atoms with Crippen molar-refractivity contribution in [3.05, 3.63) is 33.8 Å². The average molecular weight is 281 g/mol. The van der Waals surface area contributed by atoms with Gasteiger partial charge in [0.15, 0.2) is 0 Å². The van der Waals surface area contributed by atoms with Gasteiger partial charge in [-0.25, -0.2) is 0 Å². The first kappa shape index (κ1) is 13.3. The number of amides is 1. The first-order valence-corrected chi connectivity index (χ1v) is 5.50. The Labute approximate surface area is 108 Å². The van der Waals surface area contributed by atoms with Crippen LogP contribution in [-0.4, -0.2) is 17.2 Å². The SMILES string of the molecule is CC(NC(=O)c1ccc(Cl)c(Cl)c1)C(=O)Cl. The lowest BCUT2D eigenvalue weighted by atomic mass is 10.2. The van der Waals surface area contributed by atoms with E-state index in [0.29, 0.717) is 10.6 Å². The normalized spacial score (nSPS) is 12.0. The summed E-state index contributed by atoms with van der Waals surface area (Å²) in [6, 6.07) is 3.69. The molecule has 1 aromatic carbocycles. The van der Waals surface area contributed by atoms with Crippen molar-refractivity contribution < 1.29 is 9.59 Å². The summed E-state index contributed by atoms with van der Waals surface area (Å²) in [5.41, 5.74) is 0.319. The minimum atomic E-state index is -0.747. The minimum Gasteiger partial charge on any atom is -0.341 e. The molecular weight excluding hydrogens is 272 g/mol. The number of nitrogens with one attached hydrogen (secondary N) is 1. The number of carbonyl (C=O) groups excluding carboxylic acids is 2. The largest absolute Gasteiger partial charge is 0.341 e. The molecule has 86 valence electrons. The molecule has 0 radical (unpaired) electrons. The van der Waals surface area contributed by atoms with Crippen molar-refractivity contribution in [2.45, 2.75) is 13.0 Å². The van der Waals surface area contributed by atoms with Gasteiger partial charge in [0.2, 0.25) is 5.24 Å². The molecule has 0 heterocycles. The molecular formula is C10H8Cl3NO2. The summed E-state index contributed by atoms with van der Waals surface area (Å²) >= 11 is 16.7. The number of hydrogen-bond donors (Lipinski definition) is 1. The molecule has 0 saturated carbocycles. The number of halogens is 3. The quantitative estimate of drug-likeness (QED) is 0.865. The van der Waals surface area contributed by atoms with E-state index in [1.165, 1.54) is 25.1 Å². The second-order valence-corrected chi connectivity index (χ2v) is 4.32. The molecule has 1 atom stereocenters. The van der Waals surface area contributed by atoms with Gasteiger partial charge >= 0.3 is 0 Å². The van der Waals surface area contributed by atoms with E-state index < -0.39 is 17.2 Å². The van der Waals surface area contributed by atoms with Crippen LogP contribution in [0.2, 0.25) is 10.0 Å². The second-order valence-electron chi connectivity index (χ2n) is 3.13. The lowest BCUT2D eigenvalue weighted by molar-refractivity contribution is -0.113. The van der Waals surface area contributed by atoms with Crippen LogP contribution >= 0.6 is 34.8 Å². The maximum absolute atomic E-state index is 11.6. The zero-order valence-corrected chi connectivity index (χ0v) is 10.5. The van der Waals surface area contributed by atoms with E-state index in [4.69, 9.17) is 34.8 Å². The van der Waals surface area contributed by atoms with Crippen LogP contribution in [0.25, 0.3) is 0 Å². The Morgan fingerprint density at radius 3 is 2.38 bits per heavy atom. The smallest absolute Gasteiger partial charge is 0.251 e. The Morgan fingerprint density at radius 2 is 1.88 bits per heavy atom. The summed E-state index contributed by atoms with van der Waals surface area (Å²) in [6.45, 7) is 1.49. The van der Waals surface area contributed by atoms with E-state index in [2.05, 4.69) is 5.32 Å². The summed E-state index contributed by atoms with van der Waals surface area (Å²) in [6.07, 6.45) is 0. The molecule has 0 saturated heterocycles. The van der Waals surface area contributed by atoms with Crippen molar-refractivity contribution in [2.75, 3.05) is 0 Å². The van der Waals surface area contributed by atoms with E-state index in [9.17, 15) is 9.59 Å². The summed E-state index contributed by atoms with van der Waals surface area (Å²) in [4.78, 5) is 22.3. The van der Waals surface area contributed by atoms with Crippen LogP contribution < -0.4 is 5.32 Å². The van der Waals surface area contributed by atoms with Gasteiger partial charge in [0.1, 0.15) is 6.04 Å². The molecule has 6 heteroatoms. The lowest BCUT2D eigenvalue weighted by Gasteiger charge is -2.09. The maximum atomic E-state index is 11.6. The maximum Gasteiger partial charge on any atom is 0.251 e. The van der Waals surface area contributed by atoms with E-state index >= 15 is 0 Å². The number of hydrogen-bond acceptors (Lipinski definition) is 2. The predicted octanol–water partition coefficient (Wildman–Crippen LogP) is 2.88. The molecule has 0 aliphatic rings. The fourth-order valence-electron chi connectivity index (χ4n) is 0.974. The Morgan fingerprint density at radius 1 is 1.25 bits per heavy atom. The molecule has 3 nitrogen and oxygen atoms in total. The van der Waals surface area contributed by atoms with Crippen LogP contribution in [0, 0.1) is 0 Å². The summed E-state index contributed by atoms with van der Waals surface area (Å²) < 4.78 is 0. The molecule has 0 aliphatic carbocycles. The summed E-state index contributed by atoms with van der Waals surface area (Å²) in [5, 5.41) is 2.43. The monoisotopic (exact) mass is 279 g/mol. The molecule has 1 unspecified atom stereocenters. The Bertz CT molecular complexity index is 434. The third kappa shape index (κ3) is 3.37. The number of rotatable bonds is 3. The van der Waals surface area contributed by atoms with Gasteiger partial charge in [-0.3, -0.25) is 9.59 Å². The van der Waals surface area contributed by atoms with E-state index in [0.717, 1.165) is 0 Å².